The summed E-state index contributed by atoms with van der Waals surface area (Å²) in [6.45, 7) is 5.45. The third-order valence-corrected chi connectivity index (χ3v) is 4.72. The van der Waals surface area contributed by atoms with Gasteiger partial charge in [-0.1, -0.05) is 5.57 Å². The maximum atomic E-state index is 12.7. The van der Waals surface area contributed by atoms with Gasteiger partial charge >= 0.3 is 0 Å². The van der Waals surface area contributed by atoms with Gasteiger partial charge in [0.25, 0.3) is 0 Å². The molecule has 0 radical (unpaired) electrons. The summed E-state index contributed by atoms with van der Waals surface area (Å²) in [6.07, 6.45) is 1.04. The average Bonchev–Trinajstić information content (AvgIpc) is 2.74. The Morgan fingerprint density at radius 3 is 2.74 bits per heavy atom. The lowest BCUT2D eigenvalue weighted by atomic mass is 9.60. The van der Waals surface area contributed by atoms with Gasteiger partial charge < -0.3 is 14.6 Å². The van der Waals surface area contributed by atoms with Crippen LogP contribution in [-0.4, -0.2) is 22.1 Å². The number of furan rings is 1. The van der Waals surface area contributed by atoms with E-state index in [-0.39, 0.29) is 5.78 Å². The number of aliphatic hydroxyl groups excluding tert-OH is 2. The standard InChI is InChI=1S/C15H18O4/c1-7-4-5-9(16)15(3)11(7)12(17)10-8(2)6-19-13(10)14(15)18/h6,9,14,16,18H,4-5H2,1-3H3/t9-,14+,15-/m0/s1. The summed E-state index contributed by atoms with van der Waals surface area (Å²) < 4.78 is 5.36. The van der Waals surface area contributed by atoms with Crippen molar-refractivity contribution < 1.29 is 19.4 Å². The molecule has 2 aliphatic rings. The van der Waals surface area contributed by atoms with E-state index in [1.54, 1.807) is 13.8 Å². The number of aliphatic hydroxyl groups is 2. The number of aryl methyl sites for hydroxylation is 1. The van der Waals surface area contributed by atoms with E-state index in [0.717, 1.165) is 11.1 Å². The van der Waals surface area contributed by atoms with Gasteiger partial charge in [-0.15, -0.1) is 0 Å². The smallest absolute Gasteiger partial charge is 0.193 e. The molecular weight excluding hydrogens is 244 g/mol. The molecule has 1 heterocycles. The minimum atomic E-state index is -0.978. The Kier molecular flexibility index (Phi) is 2.53. The Labute approximate surface area is 111 Å². The van der Waals surface area contributed by atoms with Gasteiger partial charge in [0.2, 0.25) is 0 Å². The Hall–Kier alpha value is -1.39. The molecule has 0 bridgehead atoms. The van der Waals surface area contributed by atoms with Gasteiger partial charge in [0, 0.05) is 5.57 Å². The molecule has 0 unspecified atom stereocenters. The van der Waals surface area contributed by atoms with Crippen molar-refractivity contribution in [1.29, 1.82) is 0 Å². The first-order valence-corrected chi connectivity index (χ1v) is 6.58. The second kappa shape index (κ2) is 3.81. The van der Waals surface area contributed by atoms with Gasteiger partial charge in [-0.25, -0.2) is 0 Å². The van der Waals surface area contributed by atoms with E-state index in [4.69, 9.17) is 4.42 Å². The van der Waals surface area contributed by atoms with Crippen LogP contribution < -0.4 is 0 Å². The second-order valence-corrected chi connectivity index (χ2v) is 5.88. The lowest BCUT2D eigenvalue weighted by Crippen LogP contribution is -2.47. The molecule has 3 atom stereocenters. The van der Waals surface area contributed by atoms with Crippen molar-refractivity contribution in [1.82, 2.24) is 0 Å². The molecule has 2 N–H and O–H groups in total. The number of hydrogen-bond acceptors (Lipinski definition) is 4. The van der Waals surface area contributed by atoms with Gasteiger partial charge in [0.1, 0.15) is 11.9 Å². The van der Waals surface area contributed by atoms with E-state index >= 15 is 0 Å². The van der Waals surface area contributed by atoms with E-state index in [1.165, 1.54) is 6.26 Å². The fourth-order valence-electron chi connectivity index (χ4n) is 3.52. The highest BCUT2D eigenvalue weighted by molar-refractivity contribution is 6.13. The quantitative estimate of drug-likeness (QED) is 0.752. The molecule has 3 rings (SSSR count). The monoisotopic (exact) mass is 262 g/mol. The molecule has 1 aromatic rings. The molecule has 0 amide bonds. The minimum Gasteiger partial charge on any atom is -0.465 e. The molecule has 0 saturated carbocycles. The molecule has 0 fully saturated rings. The molecular formula is C15H18O4. The second-order valence-electron chi connectivity index (χ2n) is 5.88. The van der Waals surface area contributed by atoms with E-state index in [2.05, 4.69) is 0 Å². The SMILES string of the molecule is CC1=C2C(=O)c3c(C)coc3[C@@H](O)[C@@]2(C)[C@@H](O)CC1. The number of hydrogen-bond donors (Lipinski definition) is 2. The van der Waals surface area contributed by atoms with Gasteiger partial charge in [-0.2, -0.15) is 0 Å². The Bertz CT molecular complexity index is 595. The number of allylic oxidation sites excluding steroid dienone is 1. The molecule has 19 heavy (non-hydrogen) atoms. The van der Waals surface area contributed by atoms with Crippen LogP contribution in [0.4, 0.5) is 0 Å². The summed E-state index contributed by atoms with van der Waals surface area (Å²) in [5, 5.41) is 20.9. The first-order valence-electron chi connectivity index (χ1n) is 6.58. The van der Waals surface area contributed by atoms with Crippen molar-refractivity contribution in [2.75, 3.05) is 0 Å². The van der Waals surface area contributed by atoms with E-state index < -0.39 is 17.6 Å². The Balaban J connectivity index is 2.32. The molecule has 1 aromatic heterocycles. The molecule has 0 aromatic carbocycles. The van der Waals surface area contributed by atoms with Gasteiger partial charge in [0.15, 0.2) is 5.78 Å². The number of rotatable bonds is 0. The molecule has 0 saturated heterocycles. The third-order valence-electron chi connectivity index (χ3n) is 4.72. The maximum Gasteiger partial charge on any atom is 0.193 e. The van der Waals surface area contributed by atoms with Crippen LogP contribution in [0.3, 0.4) is 0 Å². The highest BCUT2D eigenvalue weighted by Gasteiger charge is 2.55. The van der Waals surface area contributed by atoms with Crippen molar-refractivity contribution in [3.63, 3.8) is 0 Å². The first kappa shape index (κ1) is 12.6. The van der Waals surface area contributed by atoms with E-state index in [9.17, 15) is 15.0 Å². The summed E-state index contributed by atoms with van der Waals surface area (Å²) in [6, 6.07) is 0. The Morgan fingerprint density at radius 2 is 2.05 bits per heavy atom. The van der Waals surface area contributed by atoms with Crippen LogP contribution in [0.1, 0.15) is 54.5 Å². The van der Waals surface area contributed by atoms with Crippen LogP contribution in [0.5, 0.6) is 0 Å². The third kappa shape index (κ3) is 1.38. The van der Waals surface area contributed by atoms with Crippen LogP contribution in [0, 0.1) is 12.3 Å². The summed E-state index contributed by atoms with van der Waals surface area (Å²) >= 11 is 0. The predicted octanol–water partition coefficient (Wildman–Crippen LogP) is 2.30. The first-order chi connectivity index (χ1) is 8.89. The predicted molar refractivity (Wildman–Crippen MR) is 68.8 cm³/mol. The number of carbonyl (C=O) groups excluding carboxylic acids is 1. The van der Waals surface area contributed by atoms with Crippen molar-refractivity contribution in [3.8, 4) is 0 Å². The zero-order chi connectivity index (χ0) is 13.9. The summed E-state index contributed by atoms with van der Waals surface area (Å²) in [5.74, 6) is 0.188. The largest absolute Gasteiger partial charge is 0.465 e. The molecule has 4 heteroatoms. The highest BCUT2D eigenvalue weighted by atomic mass is 16.4. The molecule has 0 spiro atoms. The van der Waals surface area contributed by atoms with Crippen LogP contribution in [0.15, 0.2) is 21.8 Å². The molecule has 102 valence electrons. The fourth-order valence-corrected chi connectivity index (χ4v) is 3.52. The number of carbonyl (C=O) groups is 1. The average molecular weight is 262 g/mol. The minimum absolute atomic E-state index is 0.106. The van der Waals surface area contributed by atoms with Crippen LogP contribution in [-0.2, 0) is 0 Å². The zero-order valence-electron chi connectivity index (χ0n) is 11.4. The van der Waals surface area contributed by atoms with E-state index in [1.807, 2.05) is 6.92 Å². The fraction of sp³-hybridized carbons (Fsp3) is 0.533. The number of Topliss-reactive ketones (excluding diaryl/α,β-unsaturated/α-hetero) is 1. The number of fused-ring (bicyclic) bond motifs is 2. The van der Waals surface area contributed by atoms with Crippen molar-refractivity contribution >= 4 is 5.78 Å². The van der Waals surface area contributed by atoms with Crippen molar-refractivity contribution in [2.24, 2.45) is 5.41 Å². The van der Waals surface area contributed by atoms with Gasteiger partial charge in [-0.3, -0.25) is 4.79 Å². The zero-order valence-corrected chi connectivity index (χ0v) is 11.4. The topological polar surface area (TPSA) is 70.7 Å². The molecule has 2 aliphatic carbocycles. The Morgan fingerprint density at radius 1 is 1.37 bits per heavy atom. The number of ketones is 1. The van der Waals surface area contributed by atoms with Crippen molar-refractivity contribution in [3.05, 3.63) is 34.3 Å². The maximum absolute atomic E-state index is 12.7. The summed E-state index contributed by atoms with van der Waals surface area (Å²) in [7, 11) is 0. The summed E-state index contributed by atoms with van der Waals surface area (Å²) in [5.41, 5.74) is 1.77. The molecule has 0 aliphatic heterocycles. The lowest BCUT2D eigenvalue weighted by molar-refractivity contribution is -0.0576. The van der Waals surface area contributed by atoms with Crippen molar-refractivity contribution in [2.45, 2.75) is 45.8 Å². The van der Waals surface area contributed by atoms with Gasteiger partial charge in [0.05, 0.1) is 23.3 Å². The highest BCUT2D eigenvalue weighted by Crippen LogP contribution is 2.54. The van der Waals surface area contributed by atoms with Crippen LogP contribution in [0.2, 0.25) is 0 Å². The van der Waals surface area contributed by atoms with Crippen LogP contribution in [0.25, 0.3) is 0 Å². The normalized spacial score (nSPS) is 34.3. The van der Waals surface area contributed by atoms with E-state index in [0.29, 0.717) is 29.7 Å². The van der Waals surface area contributed by atoms with Crippen LogP contribution >= 0.6 is 0 Å². The summed E-state index contributed by atoms with van der Waals surface area (Å²) in [4.78, 5) is 12.7. The molecule has 4 nitrogen and oxygen atoms in total. The van der Waals surface area contributed by atoms with Gasteiger partial charge in [-0.05, 0) is 39.2 Å². The lowest BCUT2D eigenvalue weighted by Gasteiger charge is -2.46.